The maximum Gasteiger partial charge on any atom is 0.325 e. The molecule has 0 radical (unpaired) electrons. The number of aliphatic carboxylic acids is 1. The predicted molar refractivity (Wildman–Crippen MR) is 115 cm³/mol. The SMILES string of the molecule is CCCCCC(O)C=CC=CCC=CCC=CCCCC(=O)N[C@@H](C)C(=O)O. The molecule has 0 saturated carbocycles. The van der Waals surface area contributed by atoms with Crippen molar-refractivity contribution in [2.24, 2.45) is 0 Å². The lowest BCUT2D eigenvalue weighted by Crippen LogP contribution is -2.38. The molecule has 3 N–H and O–H groups in total. The van der Waals surface area contributed by atoms with Gasteiger partial charge in [-0.1, -0.05) is 74.8 Å². The first-order valence-corrected chi connectivity index (χ1v) is 10.3. The fourth-order valence-corrected chi connectivity index (χ4v) is 2.37. The average molecular weight is 392 g/mol. The molecule has 5 nitrogen and oxygen atoms in total. The van der Waals surface area contributed by atoms with Crippen LogP contribution in [0.25, 0.3) is 0 Å². The Labute approximate surface area is 169 Å². The number of allylic oxidation sites excluding steroid dienone is 7. The highest BCUT2D eigenvalue weighted by molar-refractivity contribution is 5.83. The normalized spacial score (nSPS) is 14.4. The summed E-state index contributed by atoms with van der Waals surface area (Å²) in [6.07, 6.45) is 23.5. The van der Waals surface area contributed by atoms with Crippen LogP contribution in [0.1, 0.15) is 71.6 Å². The maximum absolute atomic E-state index is 11.5. The van der Waals surface area contributed by atoms with Crippen LogP contribution in [-0.4, -0.2) is 34.2 Å². The molecule has 5 heteroatoms. The second-order valence-electron chi connectivity index (χ2n) is 6.81. The van der Waals surface area contributed by atoms with Gasteiger partial charge in [-0.25, -0.2) is 0 Å². The summed E-state index contributed by atoms with van der Waals surface area (Å²) in [5.41, 5.74) is 0. The Bertz CT molecular complexity index is 535. The molecule has 0 aromatic heterocycles. The minimum atomic E-state index is -1.02. The number of carbonyl (C=O) groups is 2. The fraction of sp³-hybridized carbons (Fsp3) is 0.565. The highest BCUT2D eigenvalue weighted by Gasteiger charge is 2.12. The van der Waals surface area contributed by atoms with Gasteiger partial charge in [0.15, 0.2) is 0 Å². The molecule has 0 rings (SSSR count). The Hall–Kier alpha value is -2.14. The van der Waals surface area contributed by atoms with Crippen molar-refractivity contribution in [1.29, 1.82) is 0 Å². The van der Waals surface area contributed by atoms with Crippen LogP contribution in [0.15, 0.2) is 48.6 Å². The van der Waals surface area contributed by atoms with Gasteiger partial charge in [-0.15, -0.1) is 0 Å². The second-order valence-corrected chi connectivity index (χ2v) is 6.81. The quantitative estimate of drug-likeness (QED) is 0.202. The van der Waals surface area contributed by atoms with Gasteiger partial charge >= 0.3 is 5.97 Å². The van der Waals surface area contributed by atoms with E-state index in [4.69, 9.17) is 5.11 Å². The van der Waals surface area contributed by atoms with Gasteiger partial charge in [0.05, 0.1) is 6.10 Å². The summed E-state index contributed by atoms with van der Waals surface area (Å²) in [6.45, 7) is 3.61. The van der Waals surface area contributed by atoms with Gasteiger partial charge in [0.25, 0.3) is 0 Å². The van der Waals surface area contributed by atoms with Crippen molar-refractivity contribution in [3.8, 4) is 0 Å². The molecule has 0 saturated heterocycles. The first-order chi connectivity index (χ1) is 13.5. The monoisotopic (exact) mass is 391 g/mol. The molecule has 0 aliphatic carbocycles. The van der Waals surface area contributed by atoms with Gasteiger partial charge in [-0.2, -0.15) is 0 Å². The van der Waals surface area contributed by atoms with E-state index >= 15 is 0 Å². The van der Waals surface area contributed by atoms with E-state index in [9.17, 15) is 14.7 Å². The number of carboxylic acid groups (broad SMARTS) is 1. The molecule has 28 heavy (non-hydrogen) atoms. The predicted octanol–water partition coefficient (Wildman–Crippen LogP) is 4.69. The van der Waals surface area contributed by atoms with E-state index in [1.165, 1.54) is 19.8 Å². The average Bonchev–Trinajstić information content (AvgIpc) is 2.65. The van der Waals surface area contributed by atoms with E-state index in [0.717, 1.165) is 32.1 Å². The van der Waals surface area contributed by atoms with Crippen LogP contribution in [-0.2, 0) is 9.59 Å². The molecule has 2 atom stereocenters. The molecule has 0 aromatic carbocycles. The number of carboxylic acids is 1. The van der Waals surface area contributed by atoms with Crippen molar-refractivity contribution >= 4 is 11.9 Å². The van der Waals surface area contributed by atoms with Gasteiger partial charge in [-0.3, -0.25) is 9.59 Å². The van der Waals surface area contributed by atoms with Crippen molar-refractivity contribution in [3.05, 3.63) is 48.6 Å². The Kier molecular flexibility index (Phi) is 16.8. The van der Waals surface area contributed by atoms with Crippen LogP contribution in [0.2, 0.25) is 0 Å². The summed E-state index contributed by atoms with van der Waals surface area (Å²) in [7, 11) is 0. The zero-order valence-corrected chi connectivity index (χ0v) is 17.3. The molecule has 0 aliphatic heterocycles. The molecule has 1 unspecified atom stereocenters. The molecule has 0 bridgehead atoms. The Morgan fingerprint density at radius 3 is 2.32 bits per heavy atom. The second kappa shape index (κ2) is 18.2. The van der Waals surface area contributed by atoms with E-state index < -0.39 is 12.0 Å². The van der Waals surface area contributed by atoms with Gasteiger partial charge in [-0.05, 0) is 39.0 Å². The molecule has 0 spiro atoms. The zero-order valence-electron chi connectivity index (χ0n) is 17.3. The number of hydrogen-bond acceptors (Lipinski definition) is 3. The summed E-state index contributed by atoms with van der Waals surface area (Å²) in [4.78, 5) is 22.1. The third-order valence-electron chi connectivity index (χ3n) is 4.08. The van der Waals surface area contributed by atoms with Crippen molar-refractivity contribution in [3.63, 3.8) is 0 Å². The highest BCUT2D eigenvalue weighted by atomic mass is 16.4. The van der Waals surface area contributed by atoms with Crippen LogP contribution in [0.5, 0.6) is 0 Å². The molecule has 0 aliphatic rings. The molecule has 0 heterocycles. The summed E-state index contributed by atoms with van der Waals surface area (Å²) >= 11 is 0. The van der Waals surface area contributed by atoms with E-state index in [0.29, 0.717) is 12.8 Å². The Morgan fingerprint density at radius 1 is 0.964 bits per heavy atom. The number of aliphatic hydroxyl groups excluding tert-OH is 1. The highest BCUT2D eigenvalue weighted by Crippen LogP contribution is 2.04. The van der Waals surface area contributed by atoms with Crippen LogP contribution < -0.4 is 5.32 Å². The number of hydrogen-bond donors (Lipinski definition) is 3. The lowest BCUT2D eigenvalue weighted by atomic mass is 10.1. The van der Waals surface area contributed by atoms with Gasteiger partial charge in [0, 0.05) is 6.42 Å². The number of rotatable bonds is 16. The number of carbonyl (C=O) groups excluding carboxylic acids is 1. The smallest absolute Gasteiger partial charge is 0.325 e. The zero-order chi connectivity index (χ0) is 21.0. The van der Waals surface area contributed by atoms with E-state index in [-0.39, 0.29) is 12.0 Å². The summed E-state index contributed by atoms with van der Waals surface area (Å²) in [5, 5.41) is 20.9. The molecule has 0 fully saturated rings. The van der Waals surface area contributed by atoms with Crippen LogP contribution >= 0.6 is 0 Å². The third kappa shape index (κ3) is 17.3. The largest absolute Gasteiger partial charge is 0.480 e. The van der Waals surface area contributed by atoms with Crippen LogP contribution in [0.4, 0.5) is 0 Å². The third-order valence-corrected chi connectivity index (χ3v) is 4.08. The number of unbranched alkanes of at least 4 members (excludes halogenated alkanes) is 3. The van der Waals surface area contributed by atoms with Crippen LogP contribution in [0, 0.1) is 0 Å². The van der Waals surface area contributed by atoms with E-state index in [1.807, 2.05) is 30.4 Å². The van der Waals surface area contributed by atoms with Gasteiger partial charge < -0.3 is 15.5 Å². The number of aliphatic hydroxyl groups is 1. The first-order valence-electron chi connectivity index (χ1n) is 10.3. The van der Waals surface area contributed by atoms with Crippen LogP contribution in [0.3, 0.4) is 0 Å². The molecule has 0 aromatic rings. The number of amides is 1. The van der Waals surface area contributed by atoms with E-state index in [2.05, 4.69) is 30.5 Å². The van der Waals surface area contributed by atoms with Crippen molar-refractivity contribution in [2.75, 3.05) is 0 Å². The Morgan fingerprint density at radius 2 is 1.64 bits per heavy atom. The lowest BCUT2D eigenvalue weighted by Gasteiger charge is -2.08. The first kappa shape index (κ1) is 25.9. The minimum absolute atomic E-state index is 0.225. The standard InChI is InChI=1S/C23H37NO4/c1-3-4-14-17-21(25)18-15-12-10-8-6-5-7-9-11-13-16-19-22(26)24-20(2)23(27)28/h5-6,9-12,15,18,20-21,25H,3-4,7-8,13-14,16-17,19H2,1-2H3,(H,24,26)(H,27,28)/t20-,21?/m0/s1. The summed E-state index contributed by atoms with van der Waals surface area (Å²) in [6, 6.07) is -0.839. The Balaban J connectivity index is 3.68. The fourth-order valence-electron chi connectivity index (χ4n) is 2.37. The summed E-state index contributed by atoms with van der Waals surface area (Å²) < 4.78 is 0. The molecule has 1 amide bonds. The molecular weight excluding hydrogens is 354 g/mol. The van der Waals surface area contributed by atoms with Crippen molar-refractivity contribution in [2.45, 2.75) is 83.8 Å². The molecule has 158 valence electrons. The van der Waals surface area contributed by atoms with E-state index in [1.54, 1.807) is 0 Å². The van der Waals surface area contributed by atoms with Crippen molar-refractivity contribution < 1.29 is 19.8 Å². The summed E-state index contributed by atoms with van der Waals surface area (Å²) in [5.74, 6) is -1.25. The van der Waals surface area contributed by atoms with Gasteiger partial charge in [0.1, 0.15) is 6.04 Å². The minimum Gasteiger partial charge on any atom is -0.480 e. The molecular formula is C23H37NO4. The van der Waals surface area contributed by atoms with Gasteiger partial charge in [0.2, 0.25) is 5.91 Å². The number of nitrogens with one attached hydrogen (secondary N) is 1. The topological polar surface area (TPSA) is 86.6 Å². The van der Waals surface area contributed by atoms with Crippen molar-refractivity contribution in [1.82, 2.24) is 5.32 Å². The maximum atomic E-state index is 11.5. The lowest BCUT2D eigenvalue weighted by molar-refractivity contribution is -0.141.